The van der Waals surface area contributed by atoms with Gasteiger partial charge >= 0.3 is 0 Å². The Hall–Kier alpha value is -9.45. The number of benzene rings is 11. The van der Waals surface area contributed by atoms with E-state index in [-0.39, 0.29) is 0 Å². The average Bonchev–Trinajstić information content (AvgIpc) is 3.77. The minimum Gasteiger partial charge on any atom is -0.311 e. The molecule has 0 fully saturated rings. The Morgan fingerprint density at radius 3 is 1.17 bits per heavy atom. The molecule has 0 unspecified atom stereocenters. The molecule has 5 heteroatoms. The van der Waals surface area contributed by atoms with Gasteiger partial charge in [0, 0.05) is 39.0 Å². The fourth-order valence-corrected chi connectivity index (χ4v) is 10.0. The van der Waals surface area contributed by atoms with Crippen LogP contribution in [-0.4, -0.2) is 19.5 Å². The summed E-state index contributed by atoms with van der Waals surface area (Å²) in [5.41, 5.74) is 14.2. The Balaban J connectivity index is 0.916. The zero-order valence-corrected chi connectivity index (χ0v) is 38.1. The summed E-state index contributed by atoms with van der Waals surface area (Å²) < 4.78 is 2.20. The predicted molar refractivity (Wildman–Crippen MR) is 291 cm³/mol. The maximum Gasteiger partial charge on any atom is 0.238 e. The molecular weight excluding hydrogens is 851 g/mol. The van der Waals surface area contributed by atoms with Crippen molar-refractivity contribution in [1.29, 1.82) is 0 Å². The van der Waals surface area contributed by atoms with Crippen LogP contribution < -0.4 is 4.90 Å². The minimum absolute atomic E-state index is 0.567. The second kappa shape index (κ2) is 17.3. The largest absolute Gasteiger partial charge is 0.311 e. The van der Waals surface area contributed by atoms with Gasteiger partial charge in [-0.1, -0.05) is 206 Å². The number of para-hydroxylation sites is 1. The van der Waals surface area contributed by atoms with Crippen LogP contribution in [0, 0.1) is 0 Å². The van der Waals surface area contributed by atoms with E-state index in [0.717, 1.165) is 82.7 Å². The topological polar surface area (TPSA) is 46.8 Å². The van der Waals surface area contributed by atoms with Crippen LogP contribution in [-0.2, 0) is 0 Å². The molecule has 2 aromatic heterocycles. The summed E-state index contributed by atoms with van der Waals surface area (Å²) in [6, 6.07) is 92.5. The Labute approximate surface area is 405 Å². The molecule has 0 bridgehead atoms. The van der Waals surface area contributed by atoms with Crippen molar-refractivity contribution < 1.29 is 0 Å². The van der Waals surface area contributed by atoms with Gasteiger partial charge in [-0.2, -0.15) is 9.97 Å². The Morgan fingerprint density at radius 2 is 0.657 bits per heavy atom. The summed E-state index contributed by atoms with van der Waals surface area (Å²) in [6.45, 7) is 0. The van der Waals surface area contributed by atoms with E-state index in [1.54, 1.807) is 0 Å². The fourth-order valence-electron chi connectivity index (χ4n) is 10.0. The highest BCUT2D eigenvalue weighted by molar-refractivity contribution is 6.10. The highest BCUT2D eigenvalue weighted by atomic mass is 15.2. The van der Waals surface area contributed by atoms with Gasteiger partial charge in [-0.05, 0) is 110 Å². The van der Waals surface area contributed by atoms with E-state index in [9.17, 15) is 0 Å². The van der Waals surface area contributed by atoms with Crippen molar-refractivity contribution in [3.05, 3.63) is 261 Å². The molecule has 0 amide bonds. The molecule has 0 N–H and O–H groups in total. The minimum atomic E-state index is 0.567. The van der Waals surface area contributed by atoms with Crippen LogP contribution in [0.4, 0.5) is 17.1 Å². The SMILES string of the molecule is c1ccc(-c2ccc(N(c3ccc(-c4ccccc4)cc3)c3ccc(-c4ccc5c(c4)c4ccccc4n5-c4nc(-c5cccc6ccccc56)nc(-c5cccc6ccccc56)n4)cc3)cc2)cc1. The molecule has 328 valence electrons. The Bertz CT molecular complexity index is 3840. The molecular formula is C65H43N5. The first-order valence-electron chi connectivity index (χ1n) is 23.7. The lowest BCUT2D eigenvalue weighted by Gasteiger charge is -2.26. The van der Waals surface area contributed by atoms with Crippen molar-refractivity contribution >= 4 is 60.4 Å². The van der Waals surface area contributed by atoms with E-state index in [2.05, 4.69) is 270 Å². The van der Waals surface area contributed by atoms with Gasteiger partial charge in [-0.25, -0.2) is 4.98 Å². The molecule has 5 nitrogen and oxygen atoms in total. The Kier molecular flexibility index (Phi) is 10.1. The van der Waals surface area contributed by atoms with Crippen LogP contribution in [0.2, 0.25) is 0 Å². The third-order valence-electron chi connectivity index (χ3n) is 13.5. The van der Waals surface area contributed by atoms with Crippen molar-refractivity contribution in [3.8, 4) is 62.1 Å². The summed E-state index contributed by atoms with van der Waals surface area (Å²) in [5.74, 6) is 1.82. The monoisotopic (exact) mass is 893 g/mol. The van der Waals surface area contributed by atoms with Crippen LogP contribution in [0.5, 0.6) is 0 Å². The second-order valence-electron chi connectivity index (χ2n) is 17.6. The molecule has 0 radical (unpaired) electrons. The molecule has 11 aromatic carbocycles. The van der Waals surface area contributed by atoms with E-state index in [1.165, 1.54) is 22.3 Å². The molecule has 0 aliphatic carbocycles. The number of fused-ring (bicyclic) bond motifs is 5. The van der Waals surface area contributed by atoms with Gasteiger partial charge in [0.1, 0.15) is 0 Å². The van der Waals surface area contributed by atoms with Crippen molar-refractivity contribution in [2.75, 3.05) is 4.90 Å². The maximum atomic E-state index is 5.34. The summed E-state index contributed by atoms with van der Waals surface area (Å²) in [5, 5.41) is 6.69. The molecule has 0 saturated heterocycles. The predicted octanol–water partition coefficient (Wildman–Crippen LogP) is 17.1. The first kappa shape index (κ1) is 40.8. The molecule has 0 spiro atoms. The van der Waals surface area contributed by atoms with Crippen molar-refractivity contribution in [2.24, 2.45) is 0 Å². The number of anilines is 3. The van der Waals surface area contributed by atoms with Crippen LogP contribution >= 0.6 is 0 Å². The van der Waals surface area contributed by atoms with Gasteiger partial charge in [0.05, 0.1) is 11.0 Å². The summed E-state index contributed by atoms with van der Waals surface area (Å²) in [7, 11) is 0. The lowest BCUT2D eigenvalue weighted by atomic mass is 10.0. The van der Waals surface area contributed by atoms with Gasteiger partial charge in [-0.3, -0.25) is 4.57 Å². The van der Waals surface area contributed by atoms with Crippen LogP contribution in [0.1, 0.15) is 0 Å². The Morgan fingerprint density at radius 1 is 0.271 bits per heavy atom. The van der Waals surface area contributed by atoms with Gasteiger partial charge in [0.25, 0.3) is 0 Å². The zero-order chi connectivity index (χ0) is 46.4. The number of hydrogen-bond donors (Lipinski definition) is 0. The van der Waals surface area contributed by atoms with Gasteiger partial charge in [-0.15, -0.1) is 0 Å². The third kappa shape index (κ3) is 7.34. The van der Waals surface area contributed by atoms with Crippen LogP contribution in [0.15, 0.2) is 261 Å². The smallest absolute Gasteiger partial charge is 0.238 e. The van der Waals surface area contributed by atoms with Crippen LogP contribution in [0.3, 0.4) is 0 Å². The van der Waals surface area contributed by atoms with E-state index in [4.69, 9.17) is 15.0 Å². The fraction of sp³-hybridized carbons (Fsp3) is 0. The first-order valence-corrected chi connectivity index (χ1v) is 23.7. The lowest BCUT2D eigenvalue weighted by molar-refractivity contribution is 0.955. The number of rotatable bonds is 9. The van der Waals surface area contributed by atoms with E-state index >= 15 is 0 Å². The quantitative estimate of drug-likeness (QED) is 0.145. The molecule has 13 aromatic rings. The number of nitrogens with zero attached hydrogens (tertiary/aromatic N) is 5. The first-order chi connectivity index (χ1) is 34.7. The third-order valence-corrected chi connectivity index (χ3v) is 13.5. The molecule has 13 rings (SSSR count). The van der Waals surface area contributed by atoms with Gasteiger partial charge in [0.15, 0.2) is 11.6 Å². The second-order valence-corrected chi connectivity index (χ2v) is 17.6. The van der Waals surface area contributed by atoms with Crippen molar-refractivity contribution in [3.63, 3.8) is 0 Å². The van der Waals surface area contributed by atoms with Crippen molar-refractivity contribution in [1.82, 2.24) is 19.5 Å². The molecule has 0 aliphatic rings. The van der Waals surface area contributed by atoms with Crippen LogP contribution in [0.25, 0.3) is 105 Å². The zero-order valence-electron chi connectivity index (χ0n) is 38.1. The molecule has 0 atom stereocenters. The normalized spacial score (nSPS) is 11.4. The van der Waals surface area contributed by atoms with Crippen molar-refractivity contribution in [2.45, 2.75) is 0 Å². The lowest BCUT2D eigenvalue weighted by Crippen LogP contribution is -2.09. The molecule has 0 aliphatic heterocycles. The number of hydrogen-bond acceptors (Lipinski definition) is 4. The maximum absolute atomic E-state index is 5.34. The van der Waals surface area contributed by atoms with E-state index in [1.807, 2.05) is 0 Å². The van der Waals surface area contributed by atoms with E-state index < -0.39 is 0 Å². The summed E-state index contributed by atoms with van der Waals surface area (Å²) >= 11 is 0. The highest BCUT2D eigenvalue weighted by Gasteiger charge is 2.21. The molecule has 70 heavy (non-hydrogen) atoms. The standard InChI is InChI=1S/C65H43N5/c1-3-15-44(16-4-1)46-29-36-52(37-30-46)69(53-38-31-47(32-39-53)45-17-5-2-6-18-45)54-40-33-48(34-41-54)51-35-42-62-60(43-51)57-25-11-12-28-61(57)70(62)65-67-63(58-26-13-21-49-19-7-9-23-55(49)58)66-64(68-65)59-27-14-22-50-20-8-10-24-56(50)59/h1-43H. The molecule has 0 saturated carbocycles. The van der Waals surface area contributed by atoms with E-state index in [0.29, 0.717) is 17.6 Å². The van der Waals surface area contributed by atoms with Gasteiger partial charge in [0.2, 0.25) is 5.95 Å². The highest BCUT2D eigenvalue weighted by Crippen LogP contribution is 2.40. The molecule has 2 heterocycles. The average molecular weight is 894 g/mol. The summed E-state index contributed by atoms with van der Waals surface area (Å²) in [4.78, 5) is 18.3. The summed E-state index contributed by atoms with van der Waals surface area (Å²) in [6.07, 6.45) is 0. The van der Waals surface area contributed by atoms with Gasteiger partial charge < -0.3 is 4.90 Å². The number of aromatic nitrogens is 4.